The van der Waals surface area contributed by atoms with Gasteiger partial charge in [-0.15, -0.1) is 11.3 Å². The second-order valence-electron chi connectivity index (χ2n) is 5.64. The summed E-state index contributed by atoms with van der Waals surface area (Å²) in [4.78, 5) is 15.7. The van der Waals surface area contributed by atoms with Gasteiger partial charge in [0, 0.05) is 10.6 Å². The predicted octanol–water partition coefficient (Wildman–Crippen LogP) is 5.36. The Morgan fingerprint density at radius 1 is 1.20 bits per heavy atom. The zero-order chi connectivity index (χ0) is 18.0. The molecule has 0 fully saturated rings. The van der Waals surface area contributed by atoms with Gasteiger partial charge in [-0.2, -0.15) is 0 Å². The summed E-state index contributed by atoms with van der Waals surface area (Å²) in [5, 5.41) is 10.6. The summed E-state index contributed by atoms with van der Waals surface area (Å²) < 4.78 is 5.78. The number of hydrogen-bond acceptors (Lipinski definition) is 4. The third-order valence-electron chi connectivity index (χ3n) is 3.73. The second kappa shape index (κ2) is 7.25. The summed E-state index contributed by atoms with van der Waals surface area (Å²) in [5.74, 6) is -0.169. The van der Waals surface area contributed by atoms with Crippen molar-refractivity contribution in [3.63, 3.8) is 0 Å². The molecule has 0 aliphatic rings. The van der Waals surface area contributed by atoms with Crippen LogP contribution in [0, 0.1) is 13.8 Å². The van der Waals surface area contributed by atoms with Gasteiger partial charge in [-0.25, -0.2) is 9.78 Å². The van der Waals surface area contributed by atoms with Crippen LogP contribution in [0.25, 0.3) is 10.6 Å². The highest BCUT2D eigenvalue weighted by Gasteiger charge is 2.14. The zero-order valence-corrected chi connectivity index (χ0v) is 15.3. The van der Waals surface area contributed by atoms with E-state index in [1.807, 2.05) is 49.4 Å². The number of benzene rings is 2. The van der Waals surface area contributed by atoms with Crippen molar-refractivity contribution < 1.29 is 14.6 Å². The van der Waals surface area contributed by atoms with Crippen molar-refractivity contribution in [3.8, 4) is 16.3 Å². The fourth-order valence-electron chi connectivity index (χ4n) is 2.34. The Bertz CT molecular complexity index is 919. The Morgan fingerprint density at radius 3 is 2.52 bits per heavy atom. The molecule has 0 bridgehead atoms. The molecular weight excluding hydrogens is 358 g/mol. The van der Waals surface area contributed by atoms with Crippen molar-refractivity contribution >= 4 is 28.9 Å². The van der Waals surface area contributed by atoms with Gasteiger partial charge >= 0.3 is 5.97 Å². The van der Waals surface area contributed by atoms with E-state index in [4.69, 9.17) is 21.4 Å². The van der Waals surface area contributed by atoms with E-state index < -0.39 is 5.97 Å². The number of aryl methyl sites for hydroxylation is 2. The molecule has 0 atom stereocenters. The lowest BCUT2D eigenvalue weighted by molar-refractivity contribution is 0.0701. The van der Waals surface area contributed by atoms with E-state index in [1.165, 1.54) is 11.3 Å². The van der Waals surface area contributed by atoms with Gasteiger partial charge in [0.2, 0.25) is 0 Å². The summed E-state index contributed by atoms with van der Waals surface area (Å²) in [6, 6.07) is 13.3. The highest BCUT2D eigenvalue weighted by Crippen LogP contribution is 2.28. The third-order valence-corrected chi connectivity index (χ3v) is 5.35. The van der Waals surface area contributed by atoms with Gasteiger partial charge in [0.15, 0.2) is 0 Å². The largest absolute Gasteiger partial charge is 0.489 e. The first-order valence-corrected chi connectivity index (χ1v) is 8.82. The summed E-state index contributed by atoms with van der Waals surface area (Å²) in [6.07, 6.45) is 0. The van der Waals surface area contributed by atoms with Crippen LogP contribution in [0.2, 0.25) is 5.02 Å². The van der Waals surface area contributed by atoms with Crippen LogP contribution >= 0.6 is 22.9 Å². The van der Waals surface area contributed by atoms with Crippen LogP contribution in [0.15, 0.2) is 42.5 Å². The Morgan fingerprint density at radius 2 is 1.92 bits per heavy atom. The average molecular weight is 374 g/mol. The van der Waals surface area contributed by atoms with Crippen LogP contribution in [0.1, 0.15) is 26.5 Å². The number of rotatable bonds is 5. The molecule has 3 rings (SSSR count). The van der Waals surface area contributed by atoms with Gasteiger partial charge in [0.1, 0.15) is 22.2 Å². The number of aromatic nitrogens is 1. The topological polar surface area (TPSA) is 59.4 Å². The molecule has 2 aromatic carbocycles. The molecule has 0 saturated heterocycles. The normalized spacial score (nSPS) is 10.7. The molecule has 25 heavy (non-hydrogen) atoms. The van der Waals surface area contributed by atoms with Crippen molar-refractivity contribution in [2.75, 3.05) is 0 Å². The van der Waals surface area contributed by atoms with E-state index in [0.29, 0.717) is 17.3 Å². The first-order valence-electron chi connectivity index (χ1n) is 7.63. The number of aromatic carboxylic acids is 1. The Hall–Kier alpha value is -2.37. The number of thiazole rings is 1. The Kier molecular flexibility index (Phi) is 5.06. The molecule has 1 N–H and O–H groups in total. The summed E-state index contributed by atoms with van der Waals surface area (Å²) in [6.45, 7) is 4.09. The highest BCUT2D eigenvalue weighted by molar-refractivity contribution is 7.17. The molecule has 0 aliphatic carbocycles. The van der Waals surface area contributed by atoms with Crippen molar-refractivity contribution in [2.45, 2.75) is 20.5 Å². The lowest BCUT2D eigenvalue weighted by Crippen LogP contribution is -1.95. The molecule has 4 nitrogen and oxygen atoms in total. The van der Waals surface area contributed by atoms with E-state index in [0.717, 1.165) is 27.5 Å². The second-order valence-corrected chi connectivity index (χ2v) is 7.04. The van der Waals surface area contributed by atoms with Crippen LogP contribution in [-0.4, -0.2) is 16.1 Å². The van der Waals surface area contributed by atoms with Gasteiger partial charge in [0.05, 0.1) is 5.69 Å². The molecular formula is C19H16ClNO3S. The van der Waals surface area contributed by atoms with Crippen molar-refractivity contribution in [2.24, 2.45) is 0 Å². The number of nitrogens with zero attached hydrogens (tertiary/aromatic N) is 1. The van der Waals surface area contributed by atoms with E-state index in [1.54, 1.807) is 6.92 Å². The van der Waals surface area contributed by atoms with Crippen LogP contribution in [0.3, 0.4) is 0 Å². The SMILES string of the molecule is Cc1cc(OCc2ccc(-c3nc(C)c(C(=O)O)s3)cc2)ccc1Cl. The highest BCUT2D eigenvalue weighted by atomic mass is 35.5. The van der Waals surface area contributed by atoms with Crippen molar-refractivity contribution in [3.05, 3.63) is 69.2 Å². The minimum Gasteiger partial charge on any atom is -0.489 e. The number of carboxylic acids is 1. The molecule has 1 aromatic heterocycles. The smallest absolute Gasteiger partial charge is 0.347 e. The third kappa shape index (κ3) is 4.00. The number of halogens is 1. The van der Waals surface area contributed by atoms with Crippen LogP contribution in [-0.2, 0) is 6.61 Å². The molecule has 128 valence electrons. The Labute approximate surface area is 154 Å². The van der Waals surface area contributed by atoms with Gasteiger partial charge in [-0.05, 0) is 43.2 Å². The van der Waals surface area contributed by atoms with Gasteiger partial charge in [0.25, 0.3) is 0 Å². The van der Waals surface area contributed by atoms with Crippen LogP contribution in [0.5, 0.6) is 5.75 Å². The molecule has 0 unspecified atom stereocenters. The maximum absolute atomic E-state index is 11.1. The maximum atomic E-state index is 11.1. The zero-order valence-electron chi connectivity index (χ0n) is 13.7. The molecule has 3 aromatic rings. The summed E-state index contributed by atoms with van der Waals surface area (Å²) in [7, 11) is 0. The summed E-state index contributed by atoms with van der Waals surface area (Å²) >= 11 is 7.19. The predicted molar refractivity (Wildman–Crippen MR) is 99.8 cm³/mol. The lowest BCUT2D eigenvalue weighted by atomic mass is 10.1. The van der Waals surface area contributed by atoms with Gasteiger partial charge < -0.3 is 9.84 Å². The van der Waals surface area contributed by atoms with E-state index in [2.05, 4.69) is 4.98 Å². The Balaban J connectivity index is 1.70. The van der Waals surface area contributed by atoms with Crippen molar-refractivity contribution in [1.82, 2.24) is 4.98 Å². The molecule has 1 heterocycles. The van der Waals surface area contributed by atoms with Gasteiger partial charge in [-0.1, -0.05) is 35.9 Å². The minimum absolute atomic E-state index is 0.278. The first kappa shape index (κ1) is 17.5. The van der Waals surface area contributed by atoms with E-state index in [9.17, 15) is 4.79 Å². The molecule has 0 aliphatic heterocycles. The monoisotopic (exact) mass is 373 g/mol. The maximum Gasteiger partial charge on any atom is 0.347 e. The first-order chi connectivity index (χ1) is 11.9. The van der Waals surface area contributed by atoms with E-state index in [-0.39, 0.29) is 4.88 Å². The standard InChI is InChI=1S/C19H16ClNO3S/c1-11-9-15(7-8-16(11)20)24-10-13-3-5-14(6-4-13)18-21-12(2)17(25-18)19(22)23/h3-9H,10H2,1-2H3,(H,22,23). The number of carbonyl (C=O) groups is 1. The average Bonchev–Trinajstić information content (AvgIpc) is 2.98. The van der Waals surface area contributed by atoms with Crippen LogP contribution < -0.4 is 4.74 Å². The quantitative estimate of drug-likeness (QED) is 0.654. The summed E-state index contributed by atoms with van der Waals surface area (Å²) in [5.41, 5.74) is 3.43. The van der Waals surface area contributed by atoms with E-state index >= 15 is 0 Å². The number of hydrogen-bond donors (Lipinski definition) is 1. The molecule has 0 spiro atoms. The fraction of sp³-hybridized carbons (Fsp3) is 0.158. The number of carboxylic acid groups (broad SMARTS) is 1. The molecule has 0 amide bonds. The molecule has 0 radical (unpaired) electrons. The lowest BCUT2D eigenvalue weighted by Gasteiger charge is -2.08. The molecule has 6 heteroatoms. The number of ether oxygens (including phenoxy) is 1. The van der Waals surface area contributed by atoms with Crippen molar-refractivity contribution in [1.29, 1.82) is 0 Å². The molecule has 0 saturated carbocycles. The fourth-order valence-corrected chi connectivity index (χ4v) is 3.36. The minimum atomic E-state index is -0.940. The van der Waals surface area contributed by atoms with Gasteiger partial charge in [-0.3, -0.25) is 0 Å². The van der Waals surface area contributed by atoms with Crippen LogP contribution in [0.4, 0.5) is 0 Å².